The van der Waals surface area contributed by atoms with Crippen molar-refractivity contribution in [3.8, 4) is 0 Å². The Bertz CT molecular complexity index is 431. The summed E-state index contributed by atoms with van der Waals surface area (Å²) in [5.41, 5.74) is 6.69. The Balaban J connectivity index is 2.41. The van der Waals surface area contributed by atoms with Gasteiger partial charge in [0.2, 0.25) is 0 Å². The minimum absolute atomic E-state index is 0.0462. The third-order valence-corrected chi connectivity index (χ3v) is 3.25. The fourth-order valence-corrected chi connectivity index (χ4v) is 2.25. The molecular formula is C12H15N3S. The first kappa shape index (κ1) is 11.2. The number of hydrogen-bond acceptors (Lipinski definition) is 4. The van der Waals surface area contributed by atoms with E-state index in [1.54, 1.807) is 11.8 Å². The van der Waals surface area contributed by atoms with Gasteiger partial charge >= 0.3 is 0 Å². The van der Waals surface area contributed by atoms with Crippen LogP contribution in [0.4, 0.5) is 0 Å². The van der Waals surface area contributed by atoms with Crippen molar-refractivity contribution in [3.63, 3.8) is 0 Å². The van der Waals surface area contributed by atoms with Crippen molar-refractivity contribution in [2.45, 2.75) is 19.9 Å². The summed E-state index contributed by atoms with van der Waals surface area (Å²) in [6.07, 6.45) is 3.85. The van der Waals surface area contributed by atoms with Crippen LogP contribution in [0.1, 0.15) is 22.7 Å². The Labute approximate surface area is 100 Å². The minimum Gasteiger partial charge on any atom is -0.256 e. The highest BCUT2D eigenvalue weighted by atomic mass is 32.2. The molecule has 0 saturated carbocycles. The van der Waals surface area contributed by atoms with Gasteiger partial charge < -0.3 is 0 Å². The zero-order valence-electron chi connectivity index (χ0n) is 9.69. The standard InChI is InChI=1S/C12H15N3S/c1-8-5-4-6-9(2)11(8)10-7-13-15-12(14-10)16-3/h4-7,10H,1-3H3,(H,14,15). The summed E-state index contributed by atoms with van der Waals surface area (Å²) in [6.45, 7) is 4.24. The van der Waals surface area contributed by atoms with Gasteiger partial charge in [-0.3, -0.25) is 5.43 Å². The number of amidine groups is 1. The van der Waals surface area contributed by atoms with Gasteiger partial charge in [-0.25, -0.2) is 4.99 Å². The lowest BCUT2D eigenvalue weighted by molar-refractivity contribution is 0.880. The second kappa shape index (κ2) is 4.70. The number of benzene rings is 1. The number of thioether (sulfide) groups is 1. The molecule has 0 bridgehead atoms. The van der Waals surface area contributed by atoms with Gasteiger partial charge in [0.15, 0.2) is 5.17 Å². The van der Waals surface area contributed by atoms with Crippen LogP contribution in [0.25, 0.3) is 0 Å². The van der Waals surface area contributed by atoms with Crippen molar-refractivity contribution >= 4 is 23.1 Å². The number of aliphatic imine (C=N–C) groups is 1. The van der Waals surface area contributed by atoms with Gasteiger partial charge in [-0.15, -0.1) is 0 Å². The largest absolute Gasteiger partial charge is 0.256 e. The fraction of sp³-hybridized carbons (Fsp3) is 0.333. The van der Waals surface area contributed by atoms with Crippen LogP contribution in [-0.4, -0.2) is 17.6 Å². The maximum Gasteiger partial charge on any atom is 0.177 e. The molecular weight excluding hydrogens is 218 g/mol. The second-order valence-electron chi connectivity index (χ2n) is 3.78. The van der Waals surface area contributed by atoms with Crippen LogP contribution in [-0.2, 0) is 0 Å². The Hall–Kier alpha value is -1.29. The lowest BCUT2D eigenvalue weighted by Gasteiger charge is -2.18. The molecule has 0 saturated heterocycles. The van der Waals surface area contributed by atoms with E-state index in [0.29, 0.717) is 0 Å². The Kier molecular flexibility index (Phi) is 3.29. The first-order chi connectivity index (χ1) is 7.72. The molecule has 0 fully saturated rings. The quantitative estimate of drug-likeness (QED) is 0.809. The summed E-state index contributed by atoms with van der Waals surface area (Å²) in [5.74, 6) is 0. The Morgan fingerprint density at radius 3 is 2.56 bits per heavy atom. The molecule has 1 aliphatic rings. The van der Waals surface area contributed by atoms with E-state index in [1.165, 1.54) is 16.7 Å². The summed E-state index contributed by atoms with van der Waals surface area (Å²) >= 11 is 1.58. The average Bonchev–Trinajstić information content (AvgIpc) is 2.29. The SMILES string of the molecule is CSC1=NC(c2c(C)cccc2C)C=NN1. The number of hydrogen-bond donors (Lipinski definition) is 1. The molecule has 16 heavy (non-hydrogen) atoms. The van der Waals surface area contributed by atoms with Crippen molar-refractivity contribution in [1.29, 1.82) is 0 Å². The van der Waals surface area contributed by atoms with Crippen LogP contribution in [0.2, 0.25) is 0 Å². The first-order valence-corrected chi connectivity index (χ1v) is 6.42. The van der Waals surface area contributed by atoms with Gasteiger partial charge in [-0.2, -0.15) is 5.10 Å². The van der Waals surface area contributed by atoms with Crippen molar-refractivity contribution < 1.29 is 0 Å². The maximum atomic E-state index is 4.61. The highest BCUT2D eigenvalue weighted by Gasteiger charge is 2.16. The normalized spacial score (nSPS) is 19.2. The molecule has 84 valence electrons. The highest BCUT2D eigenvalue weighted by Crippen LogP contribution is 2.25. The molecule has 2 rings (SSSR count). The monoisotopic (exact) mass is 233 g/mol. The van der Waals surface area contributed by atoms with Crippen molar-refractivity contribution in [2.75, 3.05) is 6.26 Å². The molecule has 1 aromatic carbocycles. The number of hydrazone groups is 1. The van der Waals surface area contributed by atoms with E-state index in [4.69, 9.17) is 0 Å². The molecule has 1 heterocycles. The lowest BCUT2D eigenvalue weighted by atomic mass is 9.97. The molecule has 1 atom stereocenters. The van der Waals surface area contributed by atoms with Crippen molar-refractivity contribution in [2.24, 2.45) is 10.1 Å². The minimum atomic E-state index is 0.0462. The molecule has 1 aromatic rings. The number of nitrogens with zero attached hydrogens (tertiary/aromatic N) is 2. The van der Waals surface area contributed by atoms with Crippen molar-refractivity contribution in [3.05, 3.63) is 34.9 Å². The highest BCUT2D eigenvalue weighted by molar-refractivity contribution is 8.13. The zero-order valence-corrected chi connectivity index (χ0v) is 10.5. The second-order valence-corrected chi connectivity index (χ2v) is 4.57. The van der Waals surface area contributed by atoms with E-state index >= 15 is 0 Å². The zero-order chi connectivity index (χ0) is 11.5. The van der Waals surface area contributed by atoms with Gasteiger partial charge in [0, 0.05) is 0 Å². The Morgan fingerprint density at radius 1 is 1.25 bits per heavy atom. The molecule has 0 amide bonds. The van der Waals surface area contributed by atoms with Crippen LogP contribution in [0.3, 0.4) is 0 Å². The van der Waals surface area contributed by atoms with E-state index in [1.807, 2.05) is 12.5 Å². The number of rotatable bonds is 1. The molecule has 0 radical (unpaired) electrons. The van der Waals surface area contributed by atoms with E-state index in [-0.39, 0.29) is 6.04 Å². The van der Waals surface area contributed by atoms with Gasteiger partial charge in [0.1, 0.15) is 6.04 Å². The average molecular weight is 233 g/mol. The molecule has 1 aliphatic heterocycles. The smallest absolute Gasteiger partial charge is 0.177 e. The number of aryl methyl sites for hydroxylation is 2. The summed E-state index contributed by atoms with van der Waals surface area (Å²) in [5, 5.41) is 5.01. The molecule has 0 spiro atoms. The maximum absolute atomic E-state index is 4.61. The van der Waals surface area contributed by atoms with Crippen LogP contribution < -0.4 is 5.43 Å². The van der Waals surface area contributed by atoms with Crippen LogP contribution in [0.15, 0.2) is 28.3 Å². The molecule has 0 aliphatic carbocycles. The molecule has 0 aromatic heterocycles. The molecule has 3 nitrogen and oxygen atoms in total. The molecule has 4 heteroatoms. The fourth-order valence-electron chi connectivity index (χ4n) is 1.88. The van der Waals surface area contributed by atoms with Gasteiger partial charge in [0.05, 0.1) is 6.21 Å². The van der Waals surface area contributed by atoms with Crippen LogP contribution in [0, 0.1) is 13.8 Å². The third kappa shape index (κ3) is 2.11. The van der Waals surface area contributed by atoms with E-state index in [9.17, 15) is 0 Å². The molecule has 1 N–H and O–H groups in total. The summed E-state index contributed by atoms with van der Waals surface area (Å²) in [4.78, 5) is 4.61. The van der Waals surface area contributed by atoms with Gasteiger partial charge in [-0.05, 0) is 36.8 Å². The lowest BCUT2D eigenvalue weighted by Crippen LogP contribution is -2.21. The van der Waals surface area contributed by atoms with Crippen molar-refractivity contribution in [1.82, 2.24) is 5.43 Å². The summed E-state index contributed by atoms with van der Waals surface area (Å²) in [7, 11) is 0. The number of nitrogens with one attached hydrogen (secondary N) is 1. The summed E-state index contributed by atoms with van der Waals surface area (Å²) < 4.78 is 0. The first-order valence-electron chi connectivity index (χ1n) is 5.19. The van der Waals surface area contributed by atoms with E-state index < -0.39 is 0 Å². The predicted octanol–water partition coefficient (Wildman–Crippen LogP) is 2.65. The topological polar surface area (TPSA) is 36.8 Å². The molecule has 1 unspecified atom stereocenters. The Morgan fingerprint density at radius 2 is 1.94 bits per heavy atom. The third-order valence-electron chi connectivity index (χ3n) is 2.66. The van der Waals surface area contributed by atoms with Gasteiger partial charge in [0.25, 0.3) is 0 Å². The van der Waals surface area contributed by atoms with Gasteiger partial charge in [-0.1, -0.05) is 30.0 Å². The van der Waals surface area contributed by atoms with Crippen LogP contribution in [0.5, 0.6) is 0 Å². The van der Waals surface area contributed by atoms with E-state index in [0.717, 1.165) is 5.17 Å². The predicted molar refractivity (Wildman–Crippen MR) is 71.2 cm³/mol. The summed E-state index contributed by atoms with van der Waals surface area (Å²) in [6, 6.07) is 6.36. The van der Waals surface area contributed by atoms with E-state index in [2.05, 4.69) is 47.6 Å². The van der Waals surface area contributed by atoms with Crippen LogP contribution >= 0.6 is 11.8 Å².